The summed E-state index contributed by atoms with van der Waals surface area (Å²) in [6.45, 7) is 8.26. The molecule has 4 heterocycles. The lowest BCUT2D eigenvalue weighted by molar-refractivity contribution is -0.337. The molecule has 8 aliphatic rings. The molecule has 21 atom stereocenters. The van der Waals surface area contributed by atoms with Crippen molar-refractivity contribution in [2.45, 2.75) is 164 Å². The summed E-state index contributed by atoms with van der Waals surface area (Å²) in [4.78, 5) is 0. The lowest BCUT2D eigenvalue weighted by Gasteiger charge is -2.60. The molecule has 4 saturated heterocycles. The summed E-state index contributed by atoms with van der Waals surface area (Å²) in [5, 5.41) is 86.7. The Kier molecular flexibility index (Phi) is 9.81. The van der Waals surface area contributed by atoms with Crippen LogP contribution in [0.2, 0.25) is 0 Å². The van der Waals surface area contributed by atoms with Crippen LogP contribution in [0.15, 0.2) is 11.6 Å². The molecule has 0 aromatic carbocycles. The van der Waals surface area contributed by atoms with Gasteiger partial charge in [-0.25, -0.2) is 0 Å². The van der Waals surface area contributed by atoms with Crippen molar-refractivity contribution >= 4 is 0 Å². The molecule has 14 heteroatoms. The van der Waals surface area contributed by atoms with Crippen molar-refractivity contribution in [3.8, 4) is 0 Å². The molecule has 0 amide bonds. The van der Waals surface area contributed by atoms with Gasteiger partial charge in [-0.15, -0.1) is 0 Å². The van der Waals surface area contributed by atoms with E-state index in [0.717, 1.165) is 37.7 Å². The van der Waals surface area contributed by atoms with E-state index < -0.39 is 97.5 Å². The standard InChI is InChI=1S/C38H60O14/c1-17-5-10-37(47-16-17)18(2)38(46)26(52-37)13-22-27-21(7-9-36(22,38)4)35(3)8-6-20(11-19(35)12-23(27)41)48-33-31(45)29(43)32(25(15-40)50-33)51-34-30(44)28(42)24(14-39)49-34/h12,17-18,20-34,39-46H,5-11,13-16H2,1-4H3. The highest BCUT2D eigenvalue weighted by molar-refractivity contribution is 5.31. The highest BCUT2D eigenvalue weighted by Crippen LogP contribution is 2.72. The fourth-order valence-electron chi connectivity index (χ4n) is 12.3. The molecule has 1 spiro atoms. The van der Waals surface area contributed by atoms with Gasteiger partial charge in [0.15, 0.2) is 18.4 Å². The first-order chi connectivity index (χ1) is 24.6. The molecule has 4 aliphatic carbocycles. The van der Waals surface area contributed by atoms with Crippen LogP contribution in [0.3, 0.4) is 0 Å². The van der Waals surface area contributed by atoms with E-state index in [1.54, 1.807) is 0 Å². The maximum Gasteiger partial charge on any atom is 0.187 e. The van der Waals surface area contributed by atoms with E-state index in [4.69, 9.17) is 28.4 Å². The Morgan fingerprint density at radius 2 is 1.50 bits per heavy atom. The van der Waals surface area contributed by atoms with Gasteiger partial charge >= 0.3 is 0 Å². The number of fused-ring (bicyclic) bond motifs is 7. The largest absolute Gasteiger partial charge is 0.394 e. The molecule has 0 bridgehead atoms. The topological polar surface area (TPSA) is 217 Å². The molecule has 3 saturated carbocycles. The predicted octanol–water partition coefficient (Wildman–Crippen LogP) is 0.0871. The first kappa shape index (κ1) is 38.1. The van der Waals surface area contributed by atoms with Gasteiger partial charge < -0.3 is 69.3 Å². The van der Waals surface area contributed by atoms with Gasteiger partial charge in [0.1, 0.15) is 48.3 Å². The van der Waals surface area contributed by atoms with Crippen LogP contribution in [-0.2, 0) is 28.4 Å². The van der Waals surface area contributed by atoms with Crippen molar-refractivity contribution in [3.05, 3.63) is 11.6 Å². The zero-order valence-corrected chi connectivity index (χ0v) is 30.7. The second kappa shape index (κ2) is 13.4. The van der Waals surface area contributed by atoms with Crippen molar-refractivity contribution in [2.24, 2.45) is 40.4 Å². The minimum Gasteiger partial charge on any atom is -0.394 e. The molecular formula is C38H60O14. The lowest BCUT2D eigenvalue weighted by Crippen LogP contribution is -2.62. The minimum atomic E-state index is -1.59. The Morgan fingerprint density at radius 1 is 0.808 bits per heavy atom. The Bertz CT molecular complexity index is 1350. The number of aliphatic hydroxyl groups excluding tert-OH is 7. The second-order valence-electron chi connectivity index (χ2n) is 18.0. The fourth-order valence-corrected chi connectivity index (χ4v) is 12.3. The van der Waals surface area contributed by atoms with Gasteiger partial charge in [0.2, 0.25) is 0 Å². The monoisotopic (exact) mass is 740 g/mol. The number of hydrogen-bond acceptors (Lipinski definition) is 14. The lowest BCUT2D eigenvalue weighted by atomic mass is 9.45. The smallest absolute Gasteiger partial charge is 0.187 e. The van der Waals surface area contributed by atoms with E-state index in [9.17, 15) is 40.9 Å². The molecule has 296 valence electrons. The van der Waals surface area contributed by atoms with Crippen molar-refractivity contribution in [2.75, 3.05) is 19.8 Å². The minimum absolute atomic E-state index is 0.0318. The summed E-state index contributed by atoms with van der Waals surface area (Å²) >= 11 is 0. The third-order valence-corrected chi connectivity index (χ3v) is 15.5. The van der Waals surface area contributed by atoms with Crippen LogP contribution in [0.5, 0.6) is 0 Å². The maximum atomic E-state index is 12.7. The van der Waals surface area contributed by atoms with Crippen molar-refractivity contribution in [1.29, 1.82) is 0 Å². The van der Waals surface area contributed by atoms with Gasteiger partial charge in [-0.1, -0.05) is 39.3 Å². The first-order valence-corrected chi connectivity index (χ1v) is 19.6. The molecule has 0 aromatic heterocycles. The van der Waals surface area contributed by atoms with E-state index >= 15 is 0 Å². The van der Waals surface area contributed by atoms with E-state index in [1.165, 1.54) is 0 Å². The summed E-state index contributed by atoms with van der Waals surface area (Å²) in [5.41, 5.74) is -0.575. The molecule has 8 N–H and O–H groups in total. The summed E-state index contributed by atoms with van der Waals surface area (Å²) in [7, 11) is 0. The number of aliphatic hydroxyl groups is 8. The SMILES string of the molecule is CC1CCC2(OC1)OC1CC3C4C(O)C=C5CC(OC6OC(CO)C(OC7OC(CO)C(O)C7O)C(O)C6O)CCC5(C)C4CCC3(C)C1(O)C2C. The predicted molar refractivity (Wildman–Crippen MR) is 180 cm³/mol. The zero-order chi connectivity index (χ0) is 37.1. The average molecular weight is 741 g/mol. The van der Waals surface area contributed by atoms with Crippen molar-refractivity contribution in [3.63, 3.8) is 0 Å². The van der Waals surface area contributed by atoms with Crippen molar-refractivity contribution < 1.29 is 69.3 Å². The number of ether oxygens (including phenoxy) is 6. The average Bonchev–Trinajstić information content (AvgIpc) is 3.61. The summed E-state index contributed by atoms with van der Waals surface area (Å²) in [6, 6.07) is 0. The number of rotatable bonds is 6. The van der Waals surface area contributed by atoms with Gasteiger partial charge in [-0.3, -0.25) is 0 Å². The van der Waals surface area contributed by atoms with Gasteiger partial charge in [0.25, 0.3) is 0 Å². The molecule has 7 fully saturated rings. The van der Waals surface area contributed by atoms with Crippen molar-refractivity contribution in [1.82, 2.24) is 0 Å². The van der Waals surface area contributed by atoms with E-state index in [2.05, 4.69) is 27.7 Å². The van der Waals surface area contributed by atoms with E-state index in [-0.39, 0.29) is 35.2 Å². The summed E-state index contributed by atoms with van der Waals surface area (Å²) in [6.07, 6.45) is -5.73. The normalized spacial score (nSPS) is 58.7. The molecule has 14 nitrogen and oxygen atoms in total. The van der Waals surface area contributed by atoms with Crippen LogP contribution in [0.1, 0.15) is 79.1 Å². The van der Waals surface area contributed by atoms with Crippen LogP contribution in [0.4, 0.5) is 0 Å². The Balaban J connectivity index is 0.949. The van der Waals surface area contributed by atoms with Gasteiger partial charge in [-0.05, 0) is 74.0 Å². The first-order valence-electron chi connectivity index (χ1n) is 19.6. The highest BCUT2D eigenvalue weighted by Gasteiger charge is 2.76. The Morgan fingerprint density at radius 3 is 2.17 bits per heavy atom. The molecule has 52 heavy (non-hydrogen) atoms. The van der Waals surface area contributed by atoms with E-state index in [0.29, 0.717) is 31.8 Å². The third kappa shape index (κ3) is 5.42. The van der Waals surface area contributed by atoms with Crippen LogP contribution in [0.25, 0.3) is 0 Å². The Hall–Kier alpha value is -0.820. The molecule has 4 aliphatic heterocycles. The summed E-state index contributed by atoms with van der Waals surface area (Å²) in [5.74, 6) is -0.221. The molecule has 8 rings (SSSR count). The second-order valence-corrected chi connectivity index (χ2v) is 18.0. The summed E-state index contributed by atoms with van der Waals surface area (Å²) < 4.78 is 36.4. The molecule has 0 aromatic rings. The molecule has 0 radical (unpaired) electrons. The third-order valence-electron chi connectivity index (χ3n) is 15.5. The van der Waals surface area contributed by atoms with Gasteiger partial charge in [0.05, 0.1) is 38.1 Å². The fraction of sp³-hybridized carbons (Fsp3) is 0.947. The van der Waals surface area contributed by atoms with Crippen LogP contribution in [0, 0.1) is 40.4 Å². The van der Waals surface area contributed by atoms with Gasteiger partial charge in [-0.2, -0.15) is 0 Å². The molecular weight excluding hydrogens is 680 g/mol. The van der Waals surface area contributed by atoms with Crippen LogP contribution < -0.4 is 0 Å². The van der Waals surface area contributed by atoms with Crippen LogP contribution in [-0.4, -0.2) is 146 Å². The van der Waals surface area contributed by atoms with Gasteiger partial charge in [0, 0.05) is 17.8 Å². The Labute approximate surface area is 305 Å². The quantitative estimate of drug-likeness (QED) is 0.170. The van der Waals surface area contributed by atoms with Crippen LogP contribution >= 0.6 is 0 Å². The highest BCUT2D eigenvalue weighted by atomic mass is 16.7. The van der Waals surface area contributed by atoms with E-state index in [1.807, 2.05) is 6.08 Å². The number of hydrogen-bond donors (Lipinski definition) is 8. The molecule has 21 unspecified atom stereocenters. The maximum absolute atomic E-state index is 12.7. The zero-order valence-electron chi connectivity index (χ0n) is 30.7.